The number of fused-ring (bicyclic) bond motifs is 5. The minimum Gasteiger partial charge on any atom is -0.454 e. The van der Waals surface area contributed by atoms with E-state index in [9.17, 15) is 4.79 Å². The van der Waals surface area contributed by atoms with E-state index in [1.54, 1.807) is 60.7 Å². The van der Waals surface area contributed by atoms with Gasteiger partial charge in [-0.1, -0.05) is 67.0 Å². The lowest BCUT2D eigenvalue weighted by Crippen LogP contribution is -2.10. The van der Waals surface area contributed by atoms with Crippen LogP contribution >= 0.6 is 55.1 Å². The Hall–Kier alpha value is -6.44. The normalized spacial score (nSPS) is 12.2. The van der Waals surface area contributed by atoms with Crippen LogP contribution in [0, 0.1) is 11.3 Å². The van der Waals surface area contributed by atoms with Crippen LogP contribution in [0.15, 0.2) is 127 Å². The van der Waals surface area contributed by atoms with E-state index in [0.29, 0.717) is 85.0 Å². The number of hydrogen-bond donors (Lipinski definition) is 1. The molecule has 5 heterocycles. The molecule has 0 fully saturated rings. The van der Waals surface area contributed by atoms with Gasteiger partial charge in [0.1, 0.15) is 11.0 Å². The summed E-state index contributed by atoms with van der Waals surface area (Å²) in [4.78, 5) is 19.4. The number of benzene rings is 6. The molecule has 13 nitrogen and oxygen atoms in total. The van der Waals surface area contributed by atoms with Crippen LogP contribution in [0.25, 0.3) is 45.1 Å². The Morgan fingerprint density at radius 1 is 0.590 bits per heavy atom. The highest BCUT2D eigenvalue weighted by Gasteiger charge is 2.21. The maximum atomic E-state index is 10.6. The molecule has 0 bridgehead atoms. The number of nitrogens with two attached hydrogens (primary N) is 1. The minimum absolute atomic E-state index is 0. The minimum atomic E-state index is -0.495. The van der Waals surface area contributed by atoms with Gasteiger partial charge in [0.2, 0.25) is 38.1 Å². The van der Waals surface area contributed by atoms with Gasteiger partial charge in [0.05, 0.1) is 38.4 Å². The molecule has 2 N–H and O–H groups in total. The molecule has 3 aliphatic heterocycles. The van der Waals surface area contributed by atoms with Gasteiger partial charge >= 0.3 is 0 Å². The molecule has 0 aliphatic carbocycles. The molecule has 61 heavy (non-hydrogen) atoms. The maximum Gasteiger partial charge on any atom is 0.250 e. The van der Waals surface area contributed by atoms with Crippen LogP contribution < -0.4 is 34.2 Å². The van der Waals surface area contributed by atoms with Gasteiger partial charge in [0.25, 0.3) is 0 Å². The van der Waals surface area contributed by atoms with Gasteiger partial charge in [-0.05, 0) is 80.4 Å². The molecule has 0 saturated heterocycles. The van der Waals surface area contributed by atoms with Gasteiger partial charge in [-0.3, -0.25) is 4.79 Å². The monoisotopic (exact) mass is 986 g/mol. The first-order valence-corrected chi connectivity index (χ1v) is 19.9. The second kappa shape index (κ2) is 18.9. The third-order valence-electron chi connectivity index (χ3n) is 8.70. The standard InChI is InChI=1S/C15H8N2O3.C14H8ClNO3.C7H4Br2O2.C7H6ClNO.CH4/c16-7-9-3-1-2-4-10(9)15-17-11-5-13-14(19-8-18-13)6-12(11)20-15;15-9-4-2-1-3-8(9)14-16-10-5-12-13(18-7-17-12)6-11(10)19-14;8-4-1-6-7(2-5(4)9)11-3-10-6;8-6-4-2-1-3-5(6)7(9)10;/h1-6H,8H2;1-6H,7H2;1-2H,3H2;1-4H,(H2,9,10);1H4. The molecule has 3 aliphatic rings. The molecular weight excluding hydrogens is 959 g/mol. The van der Waals surface area contributed by atoms with Crippen molar-refractivity contribution in [1.29, 1.82) is 5.26 Å². The van der Waals surface area contributed by atoms with Crippen LogP contribution in [0.5, 0.6) is 34.5 Å². The molecule has 2 aromatic heterocycles. The molecule has 0 atom stereocenters. The van der Waals surface area contributed by atoms with Crippen molar-refractivity contribution in [3.63, 3.8) is 0 Å². The summed E-state index contributed by atoms with van der Waals surface area (Å²) in [6.07, 6.45) is 0. The Labute approximate surface area is 374 Å². The predicted octanol–water partition coefficient (Wildman–Crippen LogP) is 12.0. The fraction of sp³-hybridized carbons (Fsp3) is 0.0909. The zero-order chi connectivity index (χ0) is 41.8. The van der Waals surface area contributed by atoms with E-state index >= 15 is 0 Å². The second-order valence-corrected chi connectivity index (χ2v) is 15.0. The summed E-state index contributed by atoms with van der Waals surface area (Å²) in [7, 11) is 0. The third-order valence-corrected chi connectivity index (χ3v) is 11.2. The highest BCUT2D eigenvalue weighted by molar-refractivity contribution is 9.13. The second-order valence-electron chi connectivity index (χ2n) is 12.5. The van der Waals surface area contributed by atoms with Crippen molar-refractivity contribution >= 4 is 83.2 Å². The Morgan fingerprint density at radius 3 is 1.46 bits per heavy atom. The summed E-state index contributed by atoms with van der Waals surface area (Å²) in [6.45, 7) is 0.767. The van der Waals surface area contributed by atoms with Crippen molar-refractivity contribution in [2.75, 3.05) is 20.4 Å². The largest absolute Gasteiger partial charge is 0.454 e. The summed E-state index contributed by atoms with van der Waals surface area (Å²) < 4.78 is 45.0. The fourth-order valence-electron chi connectivity index (χ4n) is 5.82. The van der Waals surface area contributed by atoms with Crippen molar-refractivity contribution < 1.29 is 42.1 Å². The molecule has 308 valence electrons. The maximum absolute atomic E-state index is 10.6. The Balaban J connectivity index is 0.000000127. The third kappa shape index (κ3) is 9.48. The van der Waals surface area contributed by atoms with Crippen LogP contribution in [0.3, 0.4) is 0 Å². The summed E-state index contributed by atoms with van der Waals surface area (Å²) in [5.41, 5.74) is 9.98. The van der Waals surface area contributed by atoms with Crippen LogP contribution in [0.4, 0.5) is 0 Å². The van der Waals surface area contributed by atoms with E-state index in [2.05, 4.69) is 47.9 Å². The molecule has 0 spiro atoms. The lowest BCUT2D eigenvalue weighted by Gasteiger charge is -1.98. The quantitative estimate of drug-likeness (QED) is 0.178. The van der Waals surface area contributed by atoms with Crippen molar-refractivity contribution in [2.24, 2.45) is 5.73 Å². The highest BCUT2D eigenvalue weighted by atomic mass is 79.9. The van der Waals surface area contributed by atoms with E-state index in [1.165, 1.54) is 0 Å². The van der Waals surface area contributed by atoms with E-state index in [1.807, 2.05) is 48.5 Å². The SMILES string of the molecule is Brc1cc2c(cc1Br)OCO2.C.Clc1ccccc1-c1nc2cc3c(cc2o1)OCO3.N#Cc1ccccc1-c1nc2cc3c(cc2o1)OCO3.NC(=O)c1ccccc1Cl. The van der Waals surface area contributed by atoms with E-state index in [4.69, 9.17) is 71.5 Å². The molecule has 0 saturated carbocycles. The predicted molar refractivity (Wildman–Crippen MR) is 236 cm³/mol. The van der Waals surface area contributed by atoms with Crippen molar-refractivity contribution in [3.05, 3.63) is 139 Å². The Kier molecular flexibility index (Phi) is 13.2. The fourth-order valence-corrected chi connectivity index (χ4v) is 6.91. The summed E-state index contributed by atoms with van der Waals surface area (Å²) in [5, 5.41) is 10.1. The molecule has 0 unspecified atom stereocenters. The van der Waals surface area contributed by atoms with E-state index in [-0.39, 0.29) is 21.0 Å². The number of rotatable bonds is 3. The number of oxazole rings is 2. The topological polar surface area (TPSA) is 174 Å². The summed E-state index contributed by atoms with van der Waals surface area (Å²) in [6, 6.07) is 34.3. The number of primary amides is 1. The van der Waals surface area contributed by atoms with Gasteiger partial charge < -0.3 is 43.0 Å². The first-order valence-electron chi connectivity index (χ1n) is 17.6. The van der Waals surface area contributed by atoms with Gasteiger partial charge in [-0.2, -0.15) is 5.26 Å². The number of nitriles is 1. The van der Waals surface area contributed by atoms with Crippen molar-refractivity contribution in [3.8, 4) is 63.5 Å². The number of nitrogens with zero attached hydrogens (tertiary/aromatic N) is 3. The van der Waals surface area contributed by atoms with E-state index < -0.39 is 5.91 Å². The number of carbonyl (C=O) groups excluding carboxylic acids is 1. The van der Waals surface area contributed by atoms with Crippen LogP contribution in [-0.2, 0) is 0 Å². The average molecular weight is 989 g/mol. The van der Waals surface area contributed by atoms with Gasteiger partial charge in [-0.25, -0.2) is 9.97 Å². The molecule has 6 aromatic carbocycles. The summed E-state index contributed by atoms with van der Waals surface area (Å²) in [5.74, 6) is 4.66. The zero-order valence-electron chi connectivity index (χ0n) is 30.6. The highest BCUT2D eigenvalue weighted by Crippen LogP contribution is 2.41. The molecule has 11 rings (SSSR count). The number of ether oxygens (including phenoxy) is 6. The first-order chi connectivity index (χ1) is 29.1. The molecular formula is C44H30Br2Cl2N4O9. The zero-order valence-corrected chi connectivity index (χ0v) is 35.3. The van der Waals surface area contributed by atoms with Crippen LogP contribution in [0.2, 0.25) is 10.0 Å². The number of hydrogen-bond acceptors (Lipinski definition) is 12. The first kappa shape index (κ1) is 42.7. The van der Waals surface area contributed by atoms with Gasteiger partial charge in [-0.15, -0.1) is 0 Å². The van der Waals surface area contributed by atoms with Crippen LogP contribution in [0.1, 0.15) is 23.3 Å². The van der Waals surface area contributed by atoms with Gasteiger partial charge in [0, 0.05) is 33.2 Å². The smallest absolute Gasteiger partial charge is 0.250 e. The number of halogens is 4. The van der Waals surface area contributed by atoms with Crippen molar-refractivity contribution in [1.82, 2.24) is 9.97 Å². The lowest BCUT2D eigenvalue weighted by atomic mass is 10.1. The summed E-state index contributed by atoms with van der Waals surface area (Å²) >= 11 is 18.5. The molecule has 17 heteroatoms. The molecule has 1 amide bonds. The van der Waals surface area contributed by atoms with Crippen molar-refractivity contribution in [2.45, 2.75) is 7.43 Å². The molecule has 8 aromatic rings. The number of carbonyl (C=O) groups is 1. The average Bonchev–Trinajstić information content (AvgIpc) is 4.11. The van der Waals surface area contributed by atoms with Gasteiger partial charge in [0.15, 0.2) is 45.7 Å². The molecule has 0 radical (unpaired) electrons. The number of aromatic nitrogens is 2. The number of amides is 1. The Morgan fingerprint density at radius 2 is 1.00 bits per heavy atom. The van der Waals surface area contributed by atoms with Crippen LogP contribution in [-0.4, -0.2) is 36.3 Å². The lowest BCUT2D eigenvalue weighted by molar-refractivity contribution is 0.100. The Bertz CT molecular complexity index is 2840. The van der Waals surface area contributed by atoms with E-state index in [0.717, 1.165) is 31.5 Å².